The van der Waals surface area contributed by atoms with Gasteiger partial charge in [-0.05, 0) is 24.3 Å². The van der Waals surface area contributed by atoms with Crippen molar-refractivity contribution in [1.82, 2.24) is 9.97 Å². The van der Waals surface area contributed by atoms with E-state index < -0.39 is 17.2 Å². The molecule has 162 valence electrons. The first kappa shape index (κ1) is 21.4. The van der Waals surface area contributed by atoms with Gasteiger partial charge in [0.25, 0.3) is 5.56 Å². The molecule has 0 spiro atoms. The SMILES string of the molecule is N#Cc1c(-c2ccccc2)nc(NN=Cc2ccccc2Oc2ccc(F)c(F)c2)[nH]c1=O. The van der Waals surface area contributed by atoms with Crippen LogP contribution < -0.4 is 15.7 Å². The second kappa shape index (κ2) is 9.53. The summed E-state index contributed by atoms with van der Waals surface area (Å²) in [5.74, 6) is -1.49. The van der Waals surface area contributed by atoms with Gasteiger partial charge >= 0.3 is 0 Å². The Balaban J connectivity index is 1.58. The molecule has 0 bridgehead atoms. The number of rotatable bonds is 6. The number of benzene rings is 3. The molecule has 0 aliphatic carbocycles. The molecule has 0 atom stereocenters. The van der Waals surface area contributed by atoms with Gasteiger partial charge in [-0.25, -0.2) is 19.2 Å². The predicted octanol–water partition coefficient (Wildman–Crippen LogP) is 4.83. The number of hydrazone groups is 1. The highest BCUT2D eigenvalue weighted by Gasteiger charge is 2.13. The number of aromatic amines is 1. The van der Waals surface area contributed by atoms with E-state index in [1.54, 1.807) is 48.5 Å². The van der Waals surface area contributed by atoms with Crippen LogP contribution in [0.3, 0.4) is 0 Å². The molecule has 0 amide bonds. The summed E-state index contributed by atoms with van der Waals surface area (Å²) in [4.78, 5) is 19.1. The van der Waals surface area contributed by atoms with Crippen LogP contribution in [-0.4, -0.2) is 16.2 Å². The smallest absolute Gasteiger partial charge is 0.270 e. The van der Waals surface area contributed by atoms with Crippen LogP contribution in [-0.2, 0) is 0 Å². The van der Waals surface area contributed by atoms with Crippen molar-refractivity contribution >= 4 is 12.2 Å². The van der Waals surface area contributed by atoms with Gasteiger partial charge in [0, 0.05) is 17.2 Å². The van der Waals surface area contributed by atoms with Crippen LogP contribution in [0.4, 0.5) is 14.7 Å². The summed E-state index contributed by atoms with van der Waals surface area (Å²) in [6.07, 6.45) is 1.41. The van der Waals surface area contributed by atoms with E-state index in [0.29, 0.717) is 16.9 Å². The van der Waals surface area contributed by atoms with Crippen molar-refractivity contribution in [3.05, 3.63) is 106 Å². The number of anilines is 1. The minimum absolute atomic E-state index is 0.0353. The van der Waals surface area contributed by atoms with Gasteiger partial charge in [0.15, 0.2) is 11.6 Å². The van der Waals surface area contributed by atoms with E-state index in [4.69, 9.17) is 4.74 Å². The number of nitrogens with one attached hydrogen (secondary N) is 2. The highest BCUT2D eigenvalue weighted by molar-refractivity contribution is 5.84. The molecule has 33 heavy (non-hydrogen) atoms. The molecule has 0 saturated carbocycles. The molecule has 0 radical (unpaired) electrons. The fourth-order valence-corrected chi connectivity index (χ4v) is 2.95. The predicted molar refractivity (Wildman–Crippen MR) is 119 cm³/mol. The molecule has 0 aliphatic heterocycles. The number of hydrogen-bond acceptors (Lipinski definition) is 6. The summed E-state index contributed by atoms with van der Waals surface area (Å²) in [6.45, 7) is 0. The molecular formula is C24H15F2N5O2. The molecule has 1 heterocycles. The first-order chi connectivity index (χ1) is 16.0. The molecule has 4 aromatic rings. The van der Waals surface area contributed by atoms with Crippen LogP contribution in [0.15, 0.2) is 82.7 Å². The summed E-state index contributed by atoms with van der Waals surface area (Å²) < 4.78 is 32.3. The Morgan fingerprint density at radius 2 is 1.79 bits per heavy atom. The standard InChI is InChI=1S/C24H15F2N5O2/c25-19-11-10-17(12-20(19)26)33-21-9-5-4-8-16(21)14-28-31-24-29-22(15-6-2-1-3-7-15)18(13-27)23(32)30-24/h1-12,14H,(H2,29,30,31,32). The van der Waals surface area contributed by atoms with Gasteiger partial charge in [-0.1, -0.05) is 42.5 Å². The topological polar surface area (TPSA) is 103 Å². The quantitative estimate of drug-likeness (QED) is 0.328. The van der Waals surface area contributed by atoms with Crippen LogP contribution in [0.5, 0.6) is 11.5 Å². The van der Waals surface area contributed by atoms with E-state index >= 15 is 0 Å². The third-order valence-corrected chi connectivity index (χ3v) is 4.49. The van der Waals surface area contributed by atoms with Gasteiger partial charge < -0.3 is 4.74 Å². The number of ether oxygens (including phenoxy) is 1. The molecule has 9 heteroatoms. The Labute approximate surface area is 186 Å². The fourth-order valence-electron chi connectivity index (χ4n) is 2.95. The average molecular weight is 443 g/mol. The van der Waals surface area contributed by atoms with Crippen LogP contribution >= 0.6 is 0 Å². The molecule has 0 saturated heterocycles. The Morgan fingerprint density at radius 3 is 2.55 bits per heavy atom. The zero-order valence-electron chi connectivity index (χ0n) is 16.9. The summed E-state index contributed by atoms with van der Waals surface area (Å²) in [5.41, 5.74) is 3.27. The number of halogens is 2. The number of nitrogens with zero attached hydrogens (tertiary/aromatic N) is 3. The second-order valence-electron chi connectivity index (χ2n) is 6.70. The maximum absolute atomic E-state index is 13.5. The van der Waals surface area contributed by atoms with Gasteiger partial charge in [-0.2, -0.15) is 10.4 Å². The third-order valence-electron chi connectivity index (χ3n) is 4.49. The van der Waals surface area contributed by atoms with E-state index in [-0.39, 0.29) is 23.0 Å². The highest BCUT2D eigenvalue weighted by atomic mass is 19.2. The zero-order chi connectivity index (χ0) is 23.2. The summed E-state index contributed by atoms with van der Waals surface area (Å²) in [6, 6.07) is 20.7. The number of hydrogen-bond donors (Lipinski definition) is 2. The van der Waals surface area contributed by atoms with Gasteiger partial charge in [-0.3, -0.25) is 9.78 Å². The molecule has 2 N–H and O–H groups in total. The van der Waals surface area contributed by atoms with Gasteiger partial charge in [-0.15, -0.1) is 0 Å². The van der Waals surface area contributed by atoms with E-state index in [0.717, 1.165) is 12.1 Å². The second-order valence-corrected chi connectivity index (χ2v) is 6.70. The molecule has 0 aliphatic rings. The van der Waals surface area contributed by atoms with Crippen molar-refractivity contribution in [1.29, 1.82) is 5.26 Å². The van der Waals surface area contributed by atoms with Gasteiger partial charge in [0.1, 0.15) is 23.1 Å². The Morgan fingerprint density at radius 1 is 1.03 bits per heavy atom. The highest BCUT2D eigenvalue weighted by Crippen LogP contribution is 2.25. The van der Waals surface area contributed by atoms with E-state index in [1.165, 1.54) is 12.3 Å². The lowest BCUT2D eigenvalue weighted by Gasteiger charge is -2.09. The van der Waals surface area contributed by atoms with Crippen molar-refractivity contribution in [3.8, 4) is 28.8 Å². The number of H-pyrrole nitrogens is 1. The molecule has 0 fully saturated rings. The minimum atomic E-state index is -1.02. The first-order valence-electron chi connectivity index (χ1n) is 9.66. The fraction of sp³-hybridized carbons (Fsp3) is 0. The Bertz CT molecular complexity index is 1430. The Hall–Kier alpha value is -4.84. The maximum atomic E-state index is 13.5. The van der Waals surface area contributed by atoms with Crippen molar-refractivity contribution in [2.24, 2.45) is 5.10 Å². The number of aromatic nitrogens is 2. The lowest BCUT2D eigenvalue weighted by molar-refractivity contribution is 0.461. The van der Waals surface area contributed by atoms with Gasteiger partial charge in [0.05, 0.1) is 11.9 Å². The Kier molecular flexibility index (Phi) is 6.18. The maximum Gasteiger partial charge on any atom is 0.270 e. The molecule has 1 aromatic heterocycles. The first-order valence-corrected chi connectivity index (χ1v) is 9.66. The summed E-state index contributed by atoms with van der Waals surface area (Å²) in [5, 5.41) is 13.4. The van der Waals surface area contributed by atoms with E-state index in [2.05, 4.69) is 20.5 Å². The van der Waals surface area contributed by atoms with Crippen molar-refractivity contribution in [2.75, 3.05) is 5.43 Å². The molecule has 7 nitrogen and oxygen atoms in total. The number of para-hydroxylation sites is 1. The van der Waals surface area contributed by atoms with E-state index in [1.807, 2.05) is 12.1 Å². The monoisotopic (exact) mass is 443 g/mol. The van der Waals surface area contributed by atoms with Crippen LogP contribution in [0.1, 0.15) is 11.1 Å². The van der Waals surface area contributed by atoms with Crippen LogP contribution in [0.25, 0.3) is 11.3 Å². The number of nitriles is 1. The van der Waals surface area contributed by atoms with Crippen molar-refractivity contribution < 1.29 is 13.5 Å². The average Bonchev–Trinajstić information content (AvgIpc) is 2.83. The van der Waals surface area contributed by atoms with Crippen LogP contribution in [0.2, 0.25) is 0 Å². The van der Waals surface area contributed by atoms with E-state index in [9.17, 15) is 18.8 Å². The lowest BCUT2D eigenvalue weighted by atomic mass is 10.1. The minimum Gasteiger partial charge on any atom is -0.457 e. The normalized spacial score (nSPS) is 10.7. The zero-order valence-corrected chi connectivity index (χ0v) is 16.9. The van der Waals surface area contributed by atoms with Gasteiger partial charge in [0.2, 0.25) is 5.95 Å². The molecular weight excluding hydrogens is 428 g/mol. The third kappa shape index (κ3) is 4.91. The molecule has 4 rings (SSSR count). The van der Waals surface area contributed by atoms with Crippen LogP contribution in [0, 0.1) is 23.0 Å². The van der Waals surface area contributed by atoms with Crippen molar-refractivity contribution in [3.63, 3.8) is 0 Å². The van der Waals surface area contributed by atoms with Crippen molar-refractivity contribution in [2.45, 2.75) is 0 Å². The molecule has 3 aromatic carbocycles. The lowest BCUT2D eigenvalue weighted by Crippen LogP contribution is -2.16. The summed E-state index contributed by atoms with van der Waals surface area (Å²) in [7, 11) is 0. The molecule has 0 unspecified atom stereocenters. The summed E-state index contributed by atoms with van der Waals surface area (Å²) >= 11 is 0. The largest absolute Gasteiger partial charge is 0.457 e.